The lowest BCUT2D eigenvalue weighted by Crippen LogP contribution is -1.66. The van der Waals surface area contributed by atoms with Crippen molar-refractivity contribution in [2.75, 3.05) is 0 Å². The maximum absolute atomic E-state index is 8.36. The Morgan fingerprint density at radius 2 is 1.82 bits per heavy atom. The molecule has 3 heteroatoms. The largest absolute Gasteiger partial charge is 0.483 e. The average molecular weight is 149 g/mol. The third kappa shape index (κ3) is 4.67. The average Bonchev–Trinajstić information content (AvgIpc) is 2.08. The molecule has 0 heterocycles. The summed E-state index contributed by atoms with van der Waals surface area (Å²) in [4.78, 5) is 8.36. The van der Waals surface area contributed by atoms with Crippen LogP contribution in [0.25, 0.3) is 0 Å². The van der Waals surface area contributed by atoms with Crippen LogP contribution in [0.4, 0.5) is 0 Å². The molecule has 0 fully saturated rings. The fourth-order valence-corrected chi connectivity index (χ4v) is 0.513. The van der Waals surface area contributed by atoms with E-state index in [1.807, 2.05) is 24.3 Å². The van der Waals surface area contributed by atoms with Crippen LogP contribution in [0.1, 0.15) is 5.56 Å². The number of hydrogen-bond donors (Lipinski definition) is 1. The van der Waals surface area contributed by atoms with E-state index in [0.717, 1.165) is 0 Å². The van der Waals surface area contributed by atoms with E-state index < -0.39 is 0 Å². The second kappa shape index (κ2) is 6.30. The van der Waals surface area contributed by atoms with Crippen molar-refractivity contribution in [3.8, 4) is 6.07 Å². The van der Waals surface area contributed by atoms with Crippen molar-refractivity contribution in [2.45, 2.75) is 0 Å². The van der Waals surface area contributed by atoms with E-state index in [-0.39, 0.29) is 6.47 Å². The van der Waals surface area contributed by atoms with Gasteiger partial charge in [-0.15, -0.1) is 0 Å². The quantitative estimate of drug-likeness (QED) is 0.565. The number of benzene rings is 1. The number of hydrogen-bond acceptors (Lipinski definition) is 2. The lowest BCUT2D eigenvalue weighted by Gasteiger charge is -1.80. The smallest absolute Gasteiger partial charge is 0.290 e. The zero-order chi connectivity index (χ0) is 8.53. The molecule has 0 unspecified atom stereocenters. The molecule has 0 radical (unpaired) electrons. The molecule has 1 aromatic rings. The van der Waals surface area contributed by atoms with Gasteiger partial charge in [0, 0.05) is 0 Å². The summed E-state index contributed by atoms with van der Waals surface area (Å²) in [6.45, 7) is -0.250. The minimum Gasteiger partial charge on any atom is -0.483 e. The van der Waals surface area contributed by atoms with Gasteiger partial charge in [-0.2, -0.15) is 5.26 Å². The summed E-state index contributed by atoms with van der Waals surface area (Å²) in [6.07, 6.45) is 0. The first-order valence-electron chi connectivity index (χ1n) is 2.88. The SMILES string of the molecule is N#Cc1ccccc1.O=CO. The predicted octanol–water partition coefficient (Wildman–Crippen LogP) is 1.26. The molecule has 56 valence electrons. The maximum atomic E-state index is 8.36. The molecule has 1 aromatic carbocycles. The summed E-state index contributed by atoms with van der Waals surface area (Å²) in [6, 6.07) is 11.2. The lowest BCUT2D eigenvalue weighted by molar-refractivity contribution is -0.122. The Labute approximate surface area is 64.5 Å². The zero-order valence-corrected chi connectivity index (χ0v) is 5.77. The van der Waals surface area contributed by atoms with E-state index >= 15 is 0 Å². The highest BCUT2D eigenvalue weighted by Crippen LogP contribution is 1.92. The van der Waals surface area contributed by atoms with E-state index in [1.165, 1.54) is 0 Å². The lowest BCUT2D eigenvalue weighted by atomic mass is 10.2. The van der Waals surface area contributed by atoms with Crippen molar-refractivity contribution >= 4 is 6.47 Å². The van der Waals surface area contributed by atoms with Gasteiger partial charge >= 0.3 is 0 Å². The molecule has 0 saturated heterocycles. The summed E-state index contributed by atoms with van der Waals surface area (Å²) in [5, 5.41) is 15.2. The van der Waals surface area contributed by atoms with Crippen molar-refractivity contribution in [2.24, 2.45) is 0 Å². The van der Waals surface area contributed by atoms with Crippen LogP contribution in [0, 0.1) is 11.3 Å². The Morgan fingerprint density at radius 3 is 2.09 bits per heavy atom. The van der Waals surface area contributed by atoms with Crippen LogP contribution in [0.5, 0.6) is 0 Å². The Hall–Kier alpha value is -1.82. The highest BCUT2D eigenvalue weighted by atomic mass is 16.3. The Balaban J connectivity index is 0.000000292. The standard InChI is InChI=1S/C7H5N.CH2O2/c8-6-7-4-2-1-3-5-7;2-1-3/h1-5H;1H,(H,2,3). The van der Waals surface area contributed by atoms with E-state index in [2.05, 4.69) is 0 Å². The van der Waals surface area contributed by atoms with Gasteiger partial charge in [0.2, 0.25) is 0 Å². The number of nitriles is 1. The van der Waals surface area contributed by atoms with Crippen LogP contribution in [-0.2, 0) is 4.79 Å². The van der Waals surface area contributed by atoms with Crippen molar-refractivity contribution in [1.82, 2.24) is 0 Å². The van der Waals surface area contributed by atoms with Gasteiger partial charge in [-0.3, -0.25) is 4.79 Å². The molecule has 0 aromatic heterocycles. The number of carboxylic acid groups (broad SMARTS) is 1. The molecular formula is C8H7NO2. The summed E-state index contributed by atoms with van der Waals surface area (Å²) >= 11 is 0. The van der Waals surface area contributed by atoms with Crippen LogP contribution < -0.4 is 0 Å². The van der Waals surface area contributed by atoms with Crippen LogP contribution in [0.3, 0.4) is 0 Å². The third-order valence-electron chi connectivity index (χ3n) is 0.903. The number of nitrogens with zero attached hydrogens (tertiary/aromatic N) is 1. The Morgan fingerprint density at radius 1 is 1.36 bits per heavy atom. The molecule has 11 heavy (non-hydrogen) atoms. The Bertz CT molecular complexity index is 238. The monoisotopic (exact) mass is 149 g/mol. The molecule has 0 aliphatic rings. The predicted molar refractivity (Wildman–Crippen MR) is 39.8 cm³/mol. The van der Waals surface area contributed by atoms with Gasteiger partial charge in [-0.25, -0.2) is 0 Å². The van der Waals surface area contributed by atoms with Gasteiger partial charge in [-0.05, 0) is 12.1 Å². The summed E-state index contributed by atoms with van der Waals surface area (Å²) in [5.41, 5.74) is 0.715. The van der Waals surface area contributed by atoms with Gasteiger partial charge in [0.05, 0.1) is 11.6 Å². The molecule has 1 rings (SSSR count). The van der Waals surface area contributed by atoms with E-state index in [0.29, 0.717) is 5.56 Å². The number of rotatable bonds is 0. The zero-order valence-electron chi connectivity index (χ0n) is 5.77. The minimum atomic E-state index is -0.250. The van der Waals surface area contributed by atoms with Gasteiger partial charge < -0.3 is 5.11 Å². The van der Waals surface area contributed by atoms with E-state index in [1.54, 1.807) is 12.1 Å². The Kier molecular flexibility index (Phi) is 5.26. The van der Waals surface area contributed by atoms with Gasteiger partial charge in [0.25, 0.3) is 6.47 Å². The third-order valence-corrected chi connectivity index (χ3v) is 0.903. The molecule has 3 nitrogen and oxygen atoms in total. The number of carbonyl (C=O) groups is 1. The molecule has 0 aliphatic carbocycles. The molecule has 0 atom stereocenters. The molecule has 1 N–H and O–H groups in total. The topological polar surface area (TPSA) is 61.1 Å². The second-order valence-corrected chi connectivity index (χ2v) is 1.58. The van der Waals surface area contributed by atoms with Crippen LogP contribution in [-0.4, -0.2) is 11.6 Å². The van der Waals surface area contributed by atoms with Gasteiger partial charge in [0.15, 0.2) is 0 Å². The molecule has 0 bridgehead atoms. The molecule has 0 aliphatic heterocycles. The van der Waals surface area contributed by atoms with Crippen LogP contribution >= 0.6 is 0 Å². The normalized spacial score (nSPS) is 6.82. The highest BCUT2D eigenvalue weighted by Gasteiger charge is 1.79. The fourth-order valence-electron chi connectivity index (χ4n) is 0.513. The molecule has 0 amide bonds. The summed E-state index contributed by atoms with van der Waals surface area (Å²) in [5.74, 6) is 0. The van der Waals surface area contributed by atoms with Gasteiger partial charge in [-0.1, -0.05) is 18.2 Å². The van der Waals surface area contributed by atoms with Crippen molar-refractivity contribution in [1.29, 1.82) is 5.26 Å². The van der Waals surface area contributed by atoms with E-state index in [9.17, 15) is 0 Å². The maximum Gasteiger partial charge on any atom is 0.290 e. The first-order chi connectivity index (χ1) is 5.35. The summed E-state index contributed by atoms with van der Waals surface area (Å²) in [7, 11) is 0. The molecule has 0 spiro atoms. The van der Waals surface area contributed by atoms with Crippen LogP contribution in [0.15, 0.2) is 30.3 Å². The minimum absolute atomic E-state index is 0.250. The van der Waals surface area contributed by atoms with E-state index in [4.69, 9.17) is 15.2 Å². The molecule has 0 saturated carbocycles. The fraction of sp³-hybridized carbons (Fsp3) is 0. The highest BCUT2D eigenvalue weighted by molar-refractivity contribution is 5.32. The van der Waals surface area contributed by atoms with Crippen molar-refractivity contribution in [3.63, 3.8) is 0 Å². The van der Waals surface area contributed by atoms with Gasteiger partial charge in [0.1, 0.15) is 0 Å². The second-order valence-electron chi connectivity index (χ2n) is 1.58. The van der Waals surface area contributed by atoms with Crippen molar-refractivity contribution < 1.29 is 9.90 Å². The molecular weight excluding hydrogens is 142 g/mol. The van der Waals surface area contributed by atoms with Crippen molar-refractivity contribution in [3.05, 3.63) is 35.9 Å². The van der Waals surface area contributed by atoms with Crippen LogP contribution in [0.2, 0.25) is 0 Å². The first-order valence-corrected chi connectivity index (χ1v) is 2.88. The summed E-state index contributed by atoms with van der Waals surface area (Å²) < 4.78 is 0. The first kappa shape index (κ1) is 9.18.